The average Bonchev–Trinajstić information content (AvgIpc) is 2.43. The summed E-state index contributed by atoms with van der Waals surface area (Å²) in [5, 5.41) is 13.5. The molecule has 2 aromatic rings. The van der Waals surface area contributed by atoms with Gasteiger partial charge < -0.3 is 15.2 Å². The number of hydrogen-bond acceptors (Lipinski definition) is 4. The molecule has 19 heavy (non-hydrogen) atoms. The molecule has 5 nitrogen and oxygen atoms in total. The van der Waals surface area contributed by atoms with E-state index in [9.17, 15) is 4.79 Å². The predicted molar refractivity (Wildman–Crippen MR) is 72.3 cm³/mol. The van der Waals surface area contributed by atoms with Crippen molar-refractivity contribution in [3.8, 4) is 5.88 Å². The summed E-state index contributed by atoms with van der Waals surface area (Å²) in [5.41, 5.74) is 0.274. The van der Waals surface area contributed by atoms with Gasteiger partial charge in [0.2, 0.25) is 5.88 Å². The number of ether oxygens (including phenoxy) is 1. The second kappa shape index (κ2) is 5.67. The van der Waals surface area contributed by atoms with Gasteiger partial charge in [-0.25, -0.2) is 4.98 Å². The van der Waals surface area contributed by atoms with Crippen molar-refractivity contribution < 1.29 is 14.6 Å². The van der Waals surface area contributed by atoms with E-state index in [1.165, 1.54) is 7.11 Å². The standard InChI is InChI=1S/C14H16N2O3/c1-9(17)8-15-13(18)12-7-10-5-3-4-6-11(10)14(16-12)19-2/h3-7,9,17H,8H2,1-2H3,(H,15,18). The molecule has 1 unspecified atom stereocenters. The number of carbonyl (C=O) groups excluding carboxylic acids is 1. The summed E-state index contributed by atoms with van der Waals surface area (Å²) in [6.45, 7) is 1.80. The Labute approximate surface area is 111 Å². The first-order chi connectivity index (χ1) is 9.11. The fourth-order valence-corrected chi connectivity index (χ4v) is 1.77. The molecule has 1 aromatic heterocycles. The van der Waals surface area contributed by atoms with Gasteiger partial charge in [-0.15, -0.1) is 0 Å². The molecule has 1 atom stereocenters. The van der Waals surface area contributed by atoms with Crippen molar-refractivity contribution in [3.63, 3.8) is 0 Å². The number of fused-ring (bicyclic) bond motifs is 1. The smallest absolute Gasteiger partial charge is 0.270 e. The number of aliphatic hydroxyl groups excluding tert-OH is 1. The van der Waals surface area contributed by atoms with E-state index in [2.05, 4.69) is 10.3 Å². The number of aliphatic hydroxyl groups is 1. The summed E-state index contributed by atoms with van der Waals surface area (Å²) in [7, 11) is 1.52. The fourth-order valence-electron chi connectivity index (χ4n) is 1.77. The number of nitrogens with one attached hydrogen (secondary N) is 1. The van der Waals surface area contributed by atoms with Crippen LogP contribution in [0.25, 0.3) is 10.8 Å². The number of carbonyl (C=O) groups is 1. The van der Waals surface area contributed by atoms with Crippen LogP contribution in [0.5, 0.6) is 5.88 Å². The predicted octanol–water partition coefficient (Wildman–Crippen LogP) is 1.35. The SMILES string of the molecule is COc1nc(C(=O)NCC(C)O)cc2ccccc12. The van der Waals surface area contributed by atoms with Crippen molar-refractivity contribution in [1.29, 1.82) is 0 Å². The maximum atomic E-state index is 11.9. The topological polar surface area (TPSA) is 71.5 Å². The third kappa shape index (κ3) is 3.00. The van der Waals surface area contributed by atoms with Gasteiger partial charge >= 0.3 is 0 Å². The van der Waals surface area contributed by atoms with E-state index < -0.39 is 6.10 Å². The summed E-state index contributed by atoms with van der Waals surface area (Å²) >= 11 is 0. The Bertz CT molecular complexity index is 596. The summed E-state index contributed by atoms with van der Waals surface area (Å²) in [6, 6.07) is 9.26. The second-order valence-corrected chi connectivity index (χ2v) is 4.30. The Hall–Kier alpha value is -2.14. The van der Waals surface area contributed by atoms with Gasteiger partial charge in [-0.2, -0.15) is 0 Å². The van der Waals surface area contributed by atoms with E-state index in [1.807, 2.05) is 24.3 Å². The number of methoxy groups -OCH3 is 1. The zero-order valence-corrected chi connectivity index (χ0v) is 10.9. The number of amides is 1. The molecule has 2 N–H and O–H groups in total. The Kier molecular flexibility index (Phi) is 3.97. The molecule has 0 saturated heterocycles. The van der Waals surface area contributed by atoms with Crippen LogP contribution in [-0.4, -0.2) is 35.8 Å². The first kappa shape index (κ1) is 13.3. The minimum Gasteiger partial charge on any atom is -0.481 e. The van der Waals surface area contributed by atoms with Gasteiger partial charge in [-0.3, -0.25) is 4.79 Å². The van der Waals surface area contributed by atoms with E-state index in [0.717, 1.165) is 10.8 Å². The first-order valence-electron chi connectivity index (χ1n) is 6.02. The third-order valence-corrected chi connectivity index (χ3v) is 2.69. The molecular weight excluding hydrogens is 244 g/mol. The molecule has 1 heterocycles. The maximum absolute atomic E-state index is 11.9. The molecule has 0 radical (unpaired) electrons. The number of nitrogens with zero attached hydrogens (tertiary/aromatic N) is 1. The number of hydrogen-bond donors (Lipinski definition) is 2. The normalized spacial score (nSPS) is 12.2. The van der Waals surface area contributed by atoms with Crippen molar-refractivity contribution in [3.05, 3.63) is 36.0 Å². The molecule has 0 aliphatic heterocycles. The average molecular weight is 260 g/mol. The van der Waals surface area contributed by atoms with Gasteiger partial charge in [0.05, 0.1) is 13.2 Å². The molecule has 0 spiro atoms. The highest BCUT2D eigenvalue weighted by molar-refractivity contribution is 5.98. The monoisotopic (exact) mass is 260 g/mol. The van der Waals surface area contributed by atoms with Crippen LogP contribution in [-0.2, 0) is 0 Å². The molecule has 5 heteroatoms. The first-order valence-corrected chi connectivity index (χ1v) is 6.02. The number of rotatable bonds is 4. The van der Waals surface area contributed by atoms with Crippen LogP contribution >= 0.6 is 0 Å². The number of aromatic nitrogens is 1. The second-order valence-electron chi connectivity index (χ2n) is 4.30. The maximum Gasteiger partial charge on any atom is 0.270 e. The van der Waals surface area contributed by atoms with Crippen molar-refractivity contribution in [2.24, 2.45) is 0 Å². The molecular formula is C14H16N2O3. The summed E-state index contributed by atoms with van der Waals surface area (Å²) in [5.74, 6) is 0.0882. The highest BCUT2D eigenvalue weighted by atomic mass is 16.5. The molecule has 0 bridgehead atoms. The lowest BCUT2D eigenvalue weighted by atomic mass is 10.1. The molecule has 1 aromatic carbocycles. The van der Waals surface area contributed by atoms with E-state index >= 15 is 0 Å². The molecule has 1 amide bonds. The zero-order valence-electron chi connectivity index (χ0n) is 10.9. The van der Waals surface area contributed by atoms with E-state index in [1.54, 1.807) is 13.0 Å². The Morgan fingerprint density at radius 3 is 2.89 bits per heavy atom. The fraction of sp³-hybridized carbons (Fsp3) is 0.286. The Morgan fingerprint density at radius 2 is 2.21 bits per heavy atom. The van der Waals surface area contributed by atoms with Crippen LogP contribution in [0.3, 0.4) is 0 Å². The van der Waals surface area contributed by atoms with Crippen LogP contribution < -0.4 is 10.1 Å². The van der Waals surface area contributed by atoms with Crippen LogP contribution in [0.2, 0.25) is 0 Å². The Morgan fingerprint density at radius 1 is 1.47 bits per heavy atom. The summed E-state index contributed by atoms with van der Waals surface area (Å²) < 4.78 is 5.20. The van der Waals surface area contributed by atoms with Gasteiger partial charge in [0.15, 0.2) is 0 Å². The summed E-state index contributed by atoms with van der Waals surface area (Å²) in [6.07, 6.45) is -0.591. The van der Waals surface area contributed by atoms with Crippen molar-refractivity contribution >= 4 is 16.7 Å². The lowest BCUT2D eigenvalue weighted by Gasteiger charge is -2.09. The van der Waals surface area contributed by atoms with Gasteiger partial charge in [-0.05, 0) is 24.4 Å². The lowest BCUT2D eigenvalue weighted by molar-refractivity contribution is 0.0918. The van der Waals surface area contributed by atoms with Crippen LogP contribution in [0.4, 0.5) is 0 Å². The molecule has 0 aliphatic rings. The molecule has 100 valence electrons. The van der Waals surface area contributed by atoms with E-state index in [-0.39, 0.29) is 18.1 Å². The number of benzene rings is 1. The minimum atomic E-state index is -0.591. The highest BCUT2D eigenvalue weighted by Crippen LogP contribution is 2.23. The van der Waals surface area contributed by atoms with Crippen LogP contribution in [0.15, 0.2) is 30.3 Å². The highest BCUT2D eigenvalue weighted by Gasteiger charge is 2.12. The molecule has 0 aliphatic carbocycles. The van der Waals surface area contributed by atoms with Crippen LogP contribution in [0.1, 0.15) is 17.4 Å². The molecule has 0 fully saturated rings. The van der Waals surface area contributed by atoms with Gasteiger partial charge in [0.1, 0.15) is 5.69 Å². The van der Waals surface area contributed by atoms with Crippen molar-refractivity contribution in [2.45, 2.75) is 13.0 Å². The minimum absolute atomic E-state index is 0.190. The number of pyridine rings is 1. The van der Waals surface area contributed by atoms with Gasteiger partial charge in [0.25, 0.3) is 5.91 Å². The lowest BCUT2D eigenvalue weighted by Crippen LogP contribution is -2.31. The quantitative estimate of drug-likeness (QED) is 0.870. The third-order valence-electron chi connectivity index (χ3n) is 2.69. The summed E-state index contributed by atoms with van der Waals surface area (Å²) in [4.78, 5) is 16.1. The van der Waals surface area contributed by atoms with Crippen molar-refractivity contribution in [2.75, 3.05) is 13.7 Å². The largest absolute Gasteiger partial charge is 0.481 e. The van der Waals surface area contributed by atoms with Gasteiger partial charge in [0, 0.05) is 11.9 Å². The molecule has 2 rings (SSSR count). The van der Waals surface area contributed by atoms with Gasteiger partial charge in [-0.1, -0.05) is 18.2 Å². The van der Waals surface area contributed by atoms with Crippen molar-refractivity contribution in [1.82, 2.24) is 10.3 Å². The van der Waals surface area contributed by atoms with Crippen LogP contribution in [0, 0.1) is 0 Å². The van der Waals surface area contributed by atoms with E-state index in [4.69, 9.17) is 9.84 Å². The Balaban J connectivity index is 2.36. The molecule has 0 saturated carbocycles. The van der Waals surface area contributed by atoms with E-state index in [0.29, 0.717) is 5.88 Å². The zero-order chi connectivity index (χ0) is 13.8.